The number of nitrogens with one attached hydrogen (secondary N) is 1. The first kappa shape index (κ1) is 11.4. The molecule has 2 heterocycles. The minimum Gasteiger partial charge on any atom is -0.397 e. The Bertz CT molecular complexity index is 482. The van der Waals surface area contributed by atoms with Crippen LogP contribution in [0.4, 0.5) is 11.5 Å². The summed E-state index contributed by atoms with van der Waals surface area (Å²) >= 11 is 5.22. The van der Waals surface area contributed by atoms with Gasteiger partial charge in [0.25, 0.3) is 0 Å². The maximum absolute atomic E-state index is 5.76. The molecule has 0 aliphatic rings. The van der Waals surface area contributed by atoms with E-state index in [4.69, 9.17) is 5.73 Å². The minimum atomic E-state index is 0.702. The van der Waals surface area contributed by atoms with Crippen molar-refractivity contribution < 1.29 is 0 Å². The number of nitrogens with zero attached hydrogens (tertiary/aromatic N) is 1. The highest BCUT2D eigenvalue weighted by molar-refractivity contribution is 9.10. The number of nitrogen functional groups attached to an aromatic ring is 1. The second-order valence-electron chi connectivity index (χ2n) is 3.43. The molecule has 0 amide bonds. The average Bonchev–Trinajstić information content (AvgIpc) is 2.78. The fourth-order valence-electron chi connectivity index (χ4n) is 1.30. The molecule has 16 heavy (non-hydrogen) atoms. The summed E-state index contributed by atoms with van der Waals surface area (Å²) in [5.41, 5.74) is 7.48. The molecule has 0 bridgehead atoms. The number of thiophene rings is 1. The Kier molecular flexibility index (Phi) is 3.46. The van der Waals surface area contributed by atoms with Gasteiger partial charge in [0.05, 0.1) is 22.9 Å². The SMILES string of the molecule is Cc1c(N)cnc(NCc2cccs2)c1Br. The molecule has 84 valence electrons. The summed E-state index contributed by atoms with van der Waals surface area (Å²) in [5.74, 6) is 0.833. The van der Waals surface area contributed by atoms with Crippen molar-refractivity contribution in [3.8, 4) is 0 Å². The highest BCUT2D eigenvalue weighted by Crippen LogP contribution is 2.28. The van der Waals surface area contributed by atoms with Crippen LogP contribution in [0.5, 0.6) is 0 Å². The molecule has 0 radical (unpaired) electrons. The van der Waals surface area contributed by atoms with E-state index in [0.29, 0.717) is 5.69 Å². The Morgan fingerprint density at radius 1 is 1.56 bits per heavy atom. The first-order valence-electron chi connectivity index (χ1n) is 4.85. The van der Waals surface area contributed by atoms with Crippen molar-refractivity contribution in [2.24, 2.45) is 0 Å². The largest absolute Gasteiger partial charge is 0.397 e. The molecule has 0 unspecified atom stereocenters. The van der Waals surface area contributed by atoms with Crippen LogP contribution in [-0.4, -0.2) is 4.98 Å². The molecule has 5 heteroatoms. The van der Waals surface area contributed by atoms with Gasteiger partial charge in [-0.1, -0.05) is 6.07 Å². The third kappa shape index (κ3) is 2.36. The van der Waals surface area contributed by atoms with Gasteiger partial charge in [-0.05, 0) is 39.9 Å². The van der Waals surface area contributed by atoms with E-state index in [1.807, 2.05) is 13.0 Å². The van der Waals surface area contributed by atoms with E-state index >= 15 is 0 Å². The van der Waals surface area contributed by atoms with Crippen LogP contribution in [0.25, 0.3) is 0 Å². The van der Waals surface area contributed by atoms with Crippen LogP contribution < -0.4 is 11.1 Å². The molecule has 0 saturated carbocycles. The third-order valence-electron chi connectivity index (χ3n) is 2.31. The number of aromatic nitrogens is 1. The lowest BCUT2D eigenvalue weighted by atomic mass is 10.2. The molecule has 0 aliphatic carbocycles. The van der Waals surface area contributed by atoms with Crippen molar-refractivity contribution in [3.63, 3.8) is 0 Å². The standard InChI is InChI=1S/C11H12BrN3S/c1-7-9(13)6-15-11(10(7)12)14-5-8-3-2-4-16-8/h2-4,6H,5,13H2,1H3,(H,14,15). The molecule has 0 aromatic carbocycles. The molecule has 0 spiro atoms. The zero-order valence-electron chi connectivity index (χ0n) is 8.83. The number of anilines is 2. The molecule has 2 aromatic heterocycles. The first-order chi connectivity index (χ1) is 7.68. The predicted octanol–water partition coefficient (Wildman–Crippen LogP) is 3.41. The number of hydrogen-bond acceptors (Lipinski definition) is 4. The minimum absolute atomic E-state index is 0.702. The van der Waals surface area contributed by atoms with Crippen molar-refractivity contribution >= 4 is 38.8 Å². The van der Waals surface area contributed by atoms with E-state index in [-0.39, 0.29) is 0 Å². The molecule has 3 nitrogen and oxygen atoms in total. The molecule has 2 rings (SSSR count). The van der Waals surface area contributed by atoms with Gasteiger partial charge >= 0.3 is 0 Å². The van der Waals surface area contributed by atoms with E-state index in [9.17, 15) is 0 Å². The van der Waals surface area contributed by atoms with Crippen LogP contribution >= 0.6 is 27.3 Å². The Hall–Kier alpha value is -1.07. The molecule has 0 atom stereocenters. The molecular formula is C11H12BrN3S. The summed E-state index contributed by atoms with van der Waals surface area (Å²) in [6.07, 6.45) is 1.68. The van der Waals surface area contributed by atoms with Crippen LogP contribution in [0.3, 0.4) is 0 Å². The fraction of sp³-hybridized carbons (Fsp3) is 0.182. The Balaban J connectivity index is 2.13. The van der Waals surface area contributed by atoms with Gasteiger partial charge in [-0.25, -0.2) is 4.98 Å². The topological polar surface area (TPSA) is 50.9 Å². The summed E-state index contributed by atoms with van der Waals surface area (Å²) in [5, 5.41) is 5.34. The quantitative estimate of drug-likeness (QED) is 0.913. The van der Waals surface area contributed by atoms with Crippen LogP contribution in [0.15, 0.2) is 28.2 Å². The van der Waals surface area contributed by atoms with Crippen molar-refractivity contribution in [3.05, 3.63) is 38.6 Å². The monoisotopic (exact) mass is 297 g/mol. The highest BCUT2D eigenvalue weighted by Gasteiger charge is 2.06. The van der Waals surface area contributed by atoms with Gasteiger partial charge in [0.2, 0.25) is 0 Å². The Morgan fingerprint density at radius 3 is 3.06 bits per heavy atom. The van der Waals surface area contributed by atoms with Gasteiger partial charge in [-0.15, -0.1) is 11.3 Å². The zero-order chi connectivity index (χ0) is 11.5. The van der Waals surface area contributed by atoms with E-state index in [1.165, 1.54) is 4.88 Å². The van der Waals surface area contributed by atoms with Gasteiger partial charge in [-0.3, -0.25) is 0 Å². The van der Waals surface area contributed by atoms with Crippen LogP contribution in [-0.2, 0) is 6.54 Å². The second-order valence-corrected chi connectivity index (χ2v) is 5.26. The molecule has 0 fully saturated rings. The molecule has 2 aromatic rings. The molecule has 3 N–H and O–H groups in total. The number of nitrogens with two attached hydrogens (primary N) is 1. The van der Waals surface area contributed by atoms with E-state index in [2.05, 4.69) is 37.7 Å². The summed E-state index contributed by atoms with van der Waals surface area (Å²) in [7, 11) is 0. The summed E-state index contributed by atoms with van der Waals surface area (Å²) in [4.78, 5) is 5.54. The number of halogens is 1. The number of pyridine rings is 1. The Labute approximate surface area is 107 Å². The normalized spacial score (nSPS) is 10.4. The molecule has 0 saturated heterocycles. The van der Waals surface area contributed by atoms with Gasteiger partial charge in [-0.2, -0.15) is 0 Å². The number of hydrogen-bond donors (Lipinski definition) is 2. The first-order valence-corrected chi connectivity index (χ1v) is 6.52. The van der Waals surface area contributed by atoms with E-state index in [0.717, 1.165) is 22.4 Å². The van der Waals surface area contributed by atoms with Crippen molar-refractivity contribution in [1.29, 1.82) is 0 Å². The lowest BCUT2D eigenvalue weighted by Crippen LogP contribution is -2.03. The Morgan fingerprint density at radius 2 is 2.38 bits per heavy atom. The number of rotatable bonds is 3. The summed E-state index contributed by atoms with van der Waals surface area (Å²) in [6.45, 7) is 2.75. The maximum atomic E-state index is 5.76. The average molecular weight is 298 g/mol. The van der Waals surface area contributed by atoms with Crippen molar-refractivity contribution in [1.82, 2.24) is 4.98 Å². The summed E-state index contributed by atoms with van der Waals surface area (Å²) < 4.78 is 0.934. The van der Waals surface area contributed by atoms with E-state index < -0.39 is 0 Å². The van der Waals surface area contributed by atoms with Crippen LogP contribution in [0.2, 0.25) is 0 Å². The summed E-state index contributed by atoms with van der Waals surface area (Å²) in [6, 6.07) is 4.13. The fourth-order valence-corrected chi connectivity index (χ4v) is 2.42. The maximum Gasteiger partial charge on any atom is 0.141 e. The highest BCUT2D eigenvalue weighted by atomic mass is 79.9. The van der Waals surface area contributed by atoms with Gasteiger partial charge < -0.3 is 11.1 Å². The molecular weight excluding hydrogens is 286 g/mol. The molecule has 0 aliphatic heterocycles. The lowest BCUT2D eigenvalue weighted by molar-refractivity contribution is 1.12. The second kappa shape index (κ2) is 4.84. The zero-order valence-corrected chi connectivity index (χ0v) is 11.2. The van der Waals surface area contributed by atoms with Crippen molar-refractivity contribution in [2.45, 2.75) is 13.5 Å². The smallest absolute Gasteiger partial charge is 0.141 e. The van der Waals surface area contributed by atoms with Crippen LogP contribution in [0, 0.1) is 6.92 Å². The van der Waals surface area contributed by atoms with Gasteiger partial charge in [0.1, 0.15) is 5.82 Å². The van der Waals surface area contributed by atoms with Gasteiger partial charge in [0.15, 0.2) is 0 Å². The van der Waals surface area contributed by atoms with Gasteiger partial charge in [0, 0.05) is 4.88 Å². The lowest BCUT2D eigenvalue weighted by Gasteiger charge is -2.09. The predicted molar refractivity (Wildman–Crippen MR) is 72.7 cm³/mol. The van der Waals surface area contributed by atoms with Crippen molar-refractivity contribution in [2.75, 3.05) is 11.1 Å². The third-order valence-corrected chi connectivity index (χ3v) is 4.16. The van der Waals surface area contributed by atoms with E-state index in [1.54, 1.807) is 17.5 Å². The van der Waals surface area contributed by atoms with Crippen LogP contribution in [0.1, 0.15) is 10.4 Å².